The summed E-state index contributed by atoms with van der Waals surface area (Å²) in [4.78, 5) is 36.0. The highest BCUT2D eigenvalue weighted by Crippen LogP contribution is 2.53. The first kappa shape index (κ1) is 25.6. The van der Waals surface area contributed by atoms with Gasteiger partial charge in [-0.2, -0.15) is 5.26 Å². The van der Waals surface area contributed by atoms with Crippen LogP contribution in [-0.2, 0) is 6.54 Å². The molecule has 10 nitrogen and oxygen atoms in total. The van der Waals surface area contributed by atoms with Crippen molar-refractivity contribution in [2.45, 2.75) is 19.4 Å². The quantitative estimate of drug-likeness (QED) is 0.282. The van der Waals surface area contributed by atoms with Gasteiger partial charge in [-0.1, -0.05) is 23.7 Å². The molecule has 3 amide bonds. The van der Waals surface area contributed by atoms with Gasteiger partial charge in [-0.05, 0) is 62.2 Å². The van der Waals surface area contributed by atoms with Crippen LogP contribution in [0.5, 0.6) is 11.5 Å². The molecule has 0 unspecified atom stereocenters. The van der Waals surface area contributed by atoms with Crippen molar-refractivity contribution in [2.24, 2.45) is 0 Å². The Labute approximate surface area is 244 Å². The molecule has 1 fully saturated rings. The summed E-state index contributed by atoms with van der Waals surface area (Å²) >= 11 is 7.69. The second kappa shape index (κ2) is 10.2. The van der Waals surface area contributed by atoms with Crippen LogP contribution < -0.4 is 25.0 Å². The maximum absolute atomic E-state index is 13.6. The number of ether oxygens (including phenoxy) is 2. The highest BCUT2D eigenvalue weighted by Gasteiger charge is 2.38. The number of carbonyl (C=O) groups excluding carboxylic acids is 2. The van der Waals surface area contributed by atoms with E-state index in [-0.39, 0.29) is 33.6 Å². The van der Waals surface area contributed by atoms with Crippen molar-refractivity contribution in [3.63, 3.8) is 0 Å². The number of thiophene rings is 1. The summed E-state index contributed by atoms with van der Waals surface area (Å²) in [6.07, 6.45) is 5.92. The number of pyridine rings is 1. The predicted molar refractivity (Wildman–Crippen MR) is 156 cm³/mol. The largest absolute Gasteiger partial charge is 0.454 e. The molecule has 4 aromatic rings. The molecule has 12 heteroatoms. The maximum Gasteiger partial charge on any atom is 0.331 e. The molecule has 5 heterocycles. The molecule has 0 spiro atoms. The van der Waals surface area contributed by atoms with Gasteiger partial charge in [0.15, 0.2) is 11.5 Å². The fourth-order valence-electron chi connectivity index (χ4n) is 5.36. The smallest absolute Gasteiger partial charge is 0.331 e. The molecule has 1 radical (unpaired) electrons. The third kappa shape index (κ3) is 4.41. The lowest BCUT2D eigenvalue weighted by molar-refractivity contribution is 0.103. The molecule has 0 aliphatic carbocycles. The van der Waals surface area contributed by atoms with Gasteiger partial charge in [-0.15, -0.1) is 11.3 Å². The number of anilines is 4. The lowest BCUT2D eigenvalue weighted by Gasteiger charge is -2.30. The lowest BCUT2D eigenvalue weighted by atomic mass is 10.1. The number of benzene rings is 2. The highest BCUT2D eigenvalue weighted by molar-refractivity contribution is 7.21. The number of amides is 3. The number of nitriles is 1. The lowest BCUT2D eigenvalue weighted by Crippen LogP contribution is -2.35. The van der Waals surface area contributed by atoms with Crippen molar-refractivity contribution in [2.75, 3.05) is 35.4 Å². The third-order valence-electron chi connectivity index (χ3n) is 7.28. The van der Waals surface area contributed by atoms with E-state index < -0.39 is 11.9 Å². The Morgan fingerprint density at radius 1 is 1.15 bits per heavy atom. The van der Waals surface area contributed by atoms with Crippen molar-refractivity contribution in [3.05, 3.63) is 70.0 Å². The van der Waals surface area contributed by atoms with Gasteiger partial charge in [0.05, 0.1) is 27.3 Å². The minimum absolute atomic E-state index is 0.0268. The third-order valence-corrected chi connectivity index (χ3v) is 8.68. The molecule has 205 valence electrons. The van der Waals surface area contributed by atoms with E-state index in [4.69, 9.17) is 21.1 Å². The Morgan fingerprint density at radius 2 is 1.95 bits per heavy atom. The van der Waals surface area contributed by atoms with Gasteiger partial charge in [0.1, 0.15) is 21.5 Å². The number of nitrogens with zero attached hydrogens (tertiary/aromatic N) is 4. The molecular weight excluding hydrogens is 564 g/mol. The molecule has 2 aromatic heterocycles. The fraction of sp³-hybridized carbons (Fsp3) is 0.207. The first-order valence-corrected chi connectivity index (χ1v) is 14.2. The van der Waals surface area contributed by atoms with Crippen LogP contribution in [0.15, 0.2) is 42.6 Å². The first-order chi connectivity index (χ1) is 20.0. The highest BCUT2D eigenvalue weighted by atomic mass is 35.5. The second-order valence-corrected chi connectivity index (χ2v) is 11.2. The molecule has 3 aliphatic rings. The Balaban J connectivity index is 1.24. The van der Waals surface area contributed by atoms with Gasteiger partial charge in [0, 0.05) is 18.4 Å². The molecule has 2 N–H and O–H groups in total. The van der Waals surface area contributed by atoms with Gasteiger partial charge in [0.25, 0.3) is 5.91 Å². The molecule has 0 bridgehead atoms. The zero-order valence-electron chi connectivity index (χ0n) is 21.6. The first-order valence-electron chi connectivity index (χ1n) is 13.0. The Kier molecular flexibility index (Phi) is 6.38. The topological polar surface area (TPSA) is 120 Å². The number of halogens is 1. The number of piperidine rings is 1. The van der Waals surface area contributed by atoms with Crippen LogP contribution >= 0.6 is 22.9 Å². The summed E-state index contributed by atoms with van der Waals surface area (Å²) in [5, 5.41) is 16.4. The molecule has 0 saturated carbocycles. The summed E-state index contributed by atoms with van der Waals surface area (Å²) in [7, 11) is 0. The van der Waals surface area contributed by atoms with E-state index in [1.54, 1.807) is 12.1 Å². The van der Waals surface area contributed by atoms with Crippen LogP contribution in [0.3, 0.4) is 0 Å². The summed E-state index contributed by atoms with van der Waals surface area (Å²) in [6.45, 7) is 2.95. The average molecular weight is 586 g/mol. The van der Waals surface area contributed by atoms with Crippen molar-refractivity contribution in [1.82, 2.24) is 9.88 Å². The van der Waals surface area contributed by atoms with E-state index in [0.717, 1.165) is 43.8 Å². The standard InChI is InChI=1S/C29H22ClN6O4S/c30-19-8-9-20-25(40-15-39-20)24(19)36-23-17(12-31)13-32-28-21(23)22(34-29(36)38)26(41-28)27(37)33-18-6-4-16(5-7-18)14-35-10-2-1-3-11-35/h1,4-9,13H,2-3,10-11,14-15H2,(H,33,37)(H,34,38). The van der Waals surface area contributed by atoms with Crippen molar-refractivity contribution in [3.8, 4) is 17.6 Å². The Bertz CT molecular complexity index is 1760. The van der Waals surface area contributed by atoms with Gasteiger partial charge in [-0.25, -0.2) is 9.78 Å². The summed E-state index contributed by atoms with van der Waals surface area (Å²) in [5.74, 6) is 0.328. The number of nitrogens with one attached hydrogen (secondary N) is 2. The van der Waals surface area contributed by atoms with E-state index >= 15 is 0 Å². The molecule has 2 aromatic carbocycles. The zero-order valence-corrected chi connectivity index (χ0v) is 23.1. The van der Waals surface area contributed by atoms with Crippen molar-refractivity contribution in [1.29, 1.82) is 5.26 Å². The SMILES string of the molecule is N#Cc1cnc2sc(C(=O)Nc3ccc(CN4CC[CH]CC4)cc3)c3c2c1N(c1c(Cl)ccc2c1OCO2)C(=O)N3. The van der Waals surface area contributed by atoms with E-state index in [1.807, 2.05) is 24.3 Å². The minimum Gasteiger partial charge on any atom is -0.454 e. The number of likely N-dealkylation sites (tertiary alicyclic amines) is 1. The monoisotopic (exact) mass is 585 g/mol. The molecule has 1 saturated heterocycles. The van der Waals surface area contributed by atoms with Crippen LogP contribution in [0.4, 0.5) is 27.5 Å². The van der Waals surface area contributed by atoms with Crippen molar-refractivity contribution >= 4 is 67.8 Å². The van der Waals surface area contributed by atoms with Crippen LogP contribution in [0.25, 0.3) is 10.2 Å². The minimum atomic E-state index is -0.598. The van der Waals surface area contributed by atoms with Gasteiger partial charge >= 0.3 is 6.03 Å². The summed E-state index contributed by atoms with van der Waals surface area (Å²) in [6, 6.07) is 12.5. The molecule has 41 heavy (non-hydrogen) atoms. The van der Waals surface area contributed by atoms with Crippen LogP contribution in [0.1, 0.15) is 33.6 Å². The zero-order chi connectivity index (χ0) is 28.1. The van der Waals surface area contributed by atoms with Gasteiger partial charge in [-0.3, -0.25) is 14.6 Å². The van der Waals surface area contributed by atoms with Gasteiger partial charge < -0.3 is 20.1 Å². The van der Waals surface area contributed by atoms with Crippen molar-refractivity contribution < 1.29 is 19.1 Å². The number of fused-ring (bicyclic) bond motifs is 1. The van der Waals surface area contributed by atoms with Crippen LogP contribution in [-0.4, -0.2) is 41.7 Å². The summed E-state index contributed by atoms with van der Waals surface area (Å²) in [5.41, 5.74) is 2.77. The van der Waals surface area contributed by atoms with Crippen LogP contribution in [0.2, 0.25) is 5.02 Å². The van der Waals surface area contributed by atoms with E-state index in [9.17, 15) is 14.9 Å². The number of hydrogen-bond acceptors (Lipinski definition) is 8. The average Bonchev–Trinajstić information content (AvgIpc) is 3.61. The molecule has 3 aliphatic heterocycles. The van der Waals surface area contributed by atoms with Gasteiger partial charge in [0.2, 0.25) is 6.79 Å². The number of aromatic nitrogens is 1. The Hall–Kier alpha value is -4.37. The maximum atomic E-state index is 13.6. The summed E-state index contributed by atoms with van der Waals surface area (Å²) < 4.78 is 11.1. The van der Waals surface area contributed by atoms with E-state index in [1.165, 1.54) is 16.7 Å². The fourth-order valence-corrected chi connectivity index (χ4v) is 6.60. The number of rotatable bonds is 5. The molecular formula is C29H22ClN6O4S. The predicted octanol–water partition coefficient (Wildman–Crippen LogP) is 6.29. The number of urea groups is 1. The van der Waals surface area contributed by atoms with Crippen LogP contribution in [0, 0.1) is 17.8 Å². The number of carbonyl (C=O) groups is 2. The van der Waals surface area contributed by atoms with E-state index in [0.29, 0.717) is 33.1 Å². The Morgan fingerprint density at radius 3 is 2.73 bits per heavy atom. The van der Waals surface area contributed by atoms with E-state index in [2.05, 4.69) is 33.0 Å². The molecule has 0 atom stereocenters. The molecule has 7 rings (SSSR count). The second-order valence-electron chi connectivity index (χ2n) is 9.81. The number of hydrogen-bond donors (Lipinski definition) is 2. The normalized spacial score (nSPS) is 16.0.